The lowest BCUT2D eigenvalue weighted by atomic mass is 9.92. The molecular formula is C23H18N2O5S2. The number of sulfonamides is 1. The highest BCUT2D eigenvalue weighted by molar-refractivity contribution is 7.92. The zero-order chi connectivity index (χ0) is 22.7. The third-order valence-corrected chi connectivity index (χ3v) is 7.28. The number of ketones is 1. The summed E-state index contributed by atoms with van der Waals surface area (Å²) < 4.78 is 34.5. The van der Waals surface area contributed by atoms with Gasteiger partial charge >= 0.3 is 5.97 Å². The van der Waals surface area contributed by atoms with Crippen LogP contribution in [-0.4, -0.2) is 32.5 Å². The molecule has 0 amide bonds. The normalized spacial score (nSPS) is 14.6. The van der Waals surface area contributed by atoms with Crippen molar-refractivity contribution in [3.8, 4) is 0 Å². The second kappa shape index (κ2) is 8.89. The fourth-order valence-corrected chi connectivity index (χ4v) is 5.11. The van der Waals surface area contributed by atoms with Crippen LogP contribution in [-0.2, 0) is 14.8 Å². The molecule has 9 heteroatoms. The van der Waals surface area contributed by atoms with Crippen molar-refractivity contribution in [3.05, 3.63) is 94.5 Å². The third kappa shape index (κ3) is 4.39. The van der Waals surface area contributed by atoms with Gasteiger partial charge in [0, 0.05) is 16.8 Å². The lowest BCUT2D eigenvalue weighted by Crippen LogP contribution is -2.22. The molecule has 0 bridgehead atoms. The minimum atomic E-state index is -3.92. The molecule has 0 fully saturated rings. The molecule has 7 nitrogen and oxygen atoms in total. The Morgan fingerprint density at radius 3 is 2.41 bits per heavy atom. The monoisotopic (exact) mass is 466 g/mol. The second-order valence-electron chi connectivity index (χ2n) is 6.74. The number of thiophene rings is 1. The molecule has 32 heavy (non-hydrogen) atoms. The summed E-state index contributed by atoms with van der Waals surface area (Å²) in [5.74, 6) is -0.725. The largest absolute Gasteiger partial charge is 0.462 e. The van der Waals surface area contributed by atoms with Crippen LogP contribution in [0, 0.1) is 0 Å². The fraction of sp³-hybridized carbons (Fsp3) is 0.0870. The first-order valence-corrected chi connectivity index (χ1v) is 12.0. The Kier molecular flexibility index (Phi) is 6.02. The minimum Gasteiger partial charge on any atom is -0.462 e. The Morgan fingerprint density at radius 1 is 1.03 bits per heavy atom. The number of ether oxygens (including phenoxy) is 1. The van der Waals surface area contributed by atoms with E-state index in [0.29, 0.717) is 22.4 Å². The molecular weight excluding hydrogens is 448 g/mol. The van der Waals surface area contributed by atoms with Gasteiger partial charge in [0.05, 0.1) is 23.6 Å². The van der Waals surface area contributed by atoms with Crippen molar-refractivity contribution in [1.82, 2.24) is 0 Å². The predicted octanol–water partition coefficient (Wildman–Crippen LogP) is 4.30. The average Bonchev–Trinajstić information content (AvgIpc) is 3.34. The highest BCUT2D eigenvalue weighted by Crippen LogP contribution is 2.26. The van der Waals surface area contributed by atoms with Crippen LogP contribution in [0.5, 0.6) is 0 Å². The van der Waals surface area contributed by atoms with E-state index in [4.69, 9.17) is 4.74 Å². The first-order valence-electron chi connectivity index (χ1n) is 9.67. The Hall–Kier alpha value is -3.56. The first kappa shape index (κ1) is 21.7. The molecule has 1 aliphatic carbocycles. The highest BCUT2D eigenvalue weighted by Gasteiger charge is 2.26. The average molecular weight is 467 g/mol. The van der Waals surface area contributed by atoms with E-state index in [-0.39, 0.29) is 28.0 Å². The quantitative estimate of drug-likeness (QED) is 0.544. The molecule has 0 spiro atoms. The number of carbonyl (C=O) groups excluding carboxylic acids is 2. The number of fused-ring (bicyclic) bond motifs is 1. The van der Waals surface area contributed by atoms with Gasteiger partial charge in [-0.05, 0) is 48.7 Å². The molecule has 162 valence electrons. The number of nitrogens with zero attached hydrogens (tertiary/aromatic N) is 1. The van der Waals surface area contributed by atoms with Crippen molar-refractivity contribution < 1.29 is 22.7 Å². The number of rotatable bonds is 6. The molecule has 0 saturated heterocycles. The van der Waals surface area contributed by atoms with Gasteiger partial charge in [-0.25, -0.2) is 4.79 Å². The zero-order valence-corrected chi connectivity index (χ0v) is 18.6. The summed E-state index contributed by atoms with van der Waals surface area (Å²) in [6.45, 7) is 2.00. The number of Topliss-reactive ketones (excluding diaryl/α,β-unsaturated/α-hetero) is 1. The van der Waals surface area contributed by atoms with E-state index in [1.807, 2.05) is 0 Å². The van der Waals surface area contributed by atoms with Gasteiger partial charge < -0.3 is 10.1 Å². The summed E-state index contributed by atoms with van der Waals surface area (Å²) in [6, 6.07) is 16.3. The zero-order valence-electron chi connectivity index (χ0n) is 16.9. The maximum atomic E-state index is 13.0. The van der Waals surface area contributed by atoms with Crippen LogP contribution in [0.4, 0.5) is 5.69 Å². The molecule has 0 saturated carbocycles. The van der Waals surface area contributed by atoms with Gasteiger partial charge in [-0.1, -0.05) is 30.3 Å². The van der Waals surface area contributed by atoms with Crippen LogP contribution < -0.4 is 5.32 Å². The third-order valence-electron chi connectivity index (χ3n) is 4.62. The van der Waals surface area contributed by atoms with Crippen LogP contribution in [0.1, 0.15) is 33.2 Å². The van der Waals surface area contributed by atoms with Gasteiger partial charge in [0.25, 0.3) is 10.0 Å². The maximum Gasteiger partial charge on any atom is 0.338 e. The number of carbonyl (C=O) groups is 2. The molecule has 3 aromatic rings. The predicted molar refractivity (Wildman–Crippen MR) is 123 cm³/mol. The SMILES string of the molecule is CCOC(=O)c1ccc(NC2=C/C(=N/S(=O)(=O)c3cccs3)c3ccccc3C2=O)cc1. The smallest absolute Gasteiger partial charge is 0.338 e. The van der Waals surface area contributed by atoms with Gasteiger partial charge in [0.15, 0.2) is 0 Å². The molecule has 1 aliphatic rings. The number of allylic oxidation sites excluding steroid dienone is 2. The van der Waals surface area contributed by atoms with E-state index in [1.165, 1.54) is 12.1 Å². The summed E-state index contributed by atoms with van der Waals surface area (Å²) >= 11 is 1.07. The van der Waals surface area contributed by atoms with Crippen molar-refractivity contribution >= 4 is 44.5 Å². The highest BCUT2D eigenvalue weighted by atomic mass is 32.2. The Morgan fingerprint density at radius 2 is 1.75 bits per heavy atom. The number of esters is 1. The standard InChI is InChI=1S/C23H18N2O5S2/c1-2-30-23(27)15-9-11-16(12-10-15)24-20-14-19(17-6-3-4-7-18(17)22(20)26)25-32(28,29)21-8-5-13-31-21/h3-14,24H,2H2,1H3/b25-19-. The van der Waals surface area contributed by atoms with Crippen LogP contribution in [0.3, 0.4) is 0 Å². The van der Waals surface area contributed by atoms with Crippen LogP contribution in [0.15, 0.2) is 86.4 Å². The number of hydrogen-bond donors (Lipinski definition) is 1. The Balaban J connectivity index is 1.70. The van der Waals surface area contributed by atoms with E-state index < -0.39 is 16.0 Å². The number of hydrogen-bond acceptors (Lipinski definition) is 7. The molecule has 0 radical (unpaired) electrons. The van der Waals surface area contributed by atoms with E-state index >= 15 is 0 Å². The number of anilines is 1. The second-order valence-corrected chi connectivity index (χ2v) is 9.52. The minimum absolute atomic E-state index is 0.122. The van der Waals surface area contributed by atoms with Crippen molar-refractivity contribution in [3.63, 3.8) is 0 Å². The lowest BCUT2D eigenvalue weighted by Gasteiger charge is -2.18. The summed E-state index contributed by atoms with van der Waals surface area (Å²) in [5, 5.41) is 4.67. The Bertz CT molecular complexity index is 1340. The molecule has 1 heterocycles. The van der Waals surface area contributed by atoms with Gasteiger partial charge in [0.2, 0.25) is 5.78 Å². The van der Waals surface area contributed by atoms with Crippen molar-refractivity contribution in [2.45, 2.75) is 11.1 Å². The van der Waals surface area contributed by atoms with Gasteiger partial charge in [-0.2, -0.15) is 12.8 Å². The van der Waals surface area contributed by atoms with Crippen molar-refractivity contribution in [2.75, 3.05) is 11.9 Å². The molecule has 1 N–H and O–H groups in total. The summed E-state index contributed by atoms with van der Waals surface area (Å²) in [4.78, 5) is 24.8. The molecule has 0 aliphatic heterocycles. The number of nitrogens with one attached hydrogen (secondary N) is 1. The summed E-state index contributed by atoms with van der Waals surface area (Å²) in [7, 11) is -3.92. The maximum absolute atomic E-state index is 13.0. The van der Waals surface area contributed by atoms with E-state index in [0.717, 1.165) is 11.3 Å². The van der Waals surface area contributed by atoms with Crippen LogP contribution in [0.2, 0.25) is 0 Å². The van der Waals surface area contributed by atoms with Gasteiger partial charge in [0.1, 0.15) is 4.21 Å². The molecule has 4 rings (SSSR count). The fourth-order valence-electron chi connectivity index (χ4n) is 3.14. The molecule has 0 unspecified atom stereocenters. The number of benzene rings is 2. The van der Waals surface area contributed by atoms with Crippen molar-refractivity contribution in [2.24, 2.45) is 4.40 Å². The van der Waals surface area contributed by atoms with Gasteiger partial charge in [-0.15, -0.1) is 11.3 Å². The Labute approximate surface area is 189 Å². The summed E-state index contributed by atoms with van der Waals surface area (Å²) in [6.07, 6.45) is 1.43. The van der Waals surface area contributed by atoms with E-state index in [2.05, 4.69) is 9.71 Å². The van der Waals surface area contributed by atoms with Crippen LogP contribution in [0.25, 0.3) is 0 Å². The van der Waals surface area contributed by atoms with E-state index in [1.54, 1.807) is 66.9 Å². The van der Waals surface area contributed by atoms with Crippen molar-refractivity contribution in [1.29, 1.82) is 0 Å². The first-order chi connectivity index (χ1) is 15.4. The van der Waals surface area contributed by atoms with E-state index in [9.17, 15) is 18.0 Å². The van der Waals surface area contributed by atoms with Gasteiger partial charge in [-0.3, -0.25) is 4.79 Å². The molecule has 0 atom stereocenters. The molecule has 2 aromatic carbocycles. The summed E-state index contributed by atoms with van der Waals surface area (Å²) in [5.41, 5.74) is 2.07. The molecule has 1 aromatic heterocycles. The van der Waals surface area contributed by atoms with Crippen LogP contribution >= 0.6 is 11.3 Å². The topological polar surface area (TPSA) is 102 Å². The lowest BCUT2D eigenvalue weighted by molar-refractivity contribution is 0.0526.